The summed E-state index contributed by atoms with van der Waals surface area (Å²) in [7, 11) is 0. The first kappa shape index (κ1) is 27.1. The number of esters is 2. The molecule has 0 aliphatic rings. The van der Waals surface area contributed by atoms with Gasteiger partial charge in [-0.05, 0) is 18.8 Å². The molecule has 0 rings (SSSR count). The van der Waals surface area contributed by atoms with E-state index in [4.69, 9.17) is 10.5 Å². The maximum atomic E-state index is 11.7. The van der Waals surface area contributed by atoms with Crippen LogP contribution in [0.15, 0.2) is 0 Å². The van der Waals surface area contributed by atoms with Crippen molar-refractivity contribution in [1.29, 1.82) is 0 Å². The predicted octanol–water partition coefficient (Wildman–Crippen LogP) is 6.69. The zero-order chi connectivity index (χ0) is 21.0. The molecule has 0 saturated heterocycles. The van der Waals surface area contributed by atoms with Crippen LogP contribution in [0.4, 0.5) is 0 Å². The molecular formula is C24H47NO3. The quantitative estimate of drug-likeness (QED) is 0.150. The molecule has 4 nitrogen and oxygen atoms in total. The Morgan fingerprint density at radius 1 is 0.714 bits per heavy atom. The average molecular weight is 398 g/mol. The Balaban J connectivity index is 3.34. The molecule has 2 N–H and O–H groups in total. The van der Waals surface area contributed by atoms with Crippen molar-refractivity contribution in [3.63, 3.8) is 0 Å². The second kappa shape index (κ2) is 19.4. The van der Waals surface area contributed by atoms with E-state index in [1.165, 1.54) is 77.0 Å². The number of unbranched alkanes of at least 4 members (excludes halogenated alkanes) is 14. The SMILES string of the molecule is CCCCCCCCCCCCCCCCCC(=O)OC(=O)C(N)CC(C)C. The van der Waals surface area contributed by atoms with Gasteiger partial charge in [-0.3, -0.25) is 4.79 Å². The summed E-state index contributed by atoms with van der Waals surface area (Å²) < 4.78 is 4.83. The smallest absolute Gasteiger partial charge is 0.330 e. The molecule has 0 heterocycles. The van der Waals surface area contributed by atoms with Gasteiger partial charge in [-0.15, -0.1) is 0 Å². The van der Waals surface area contributed by atoms with Gasteiger partial charge in [0.15, 0.2) is 0 Å². The van der Waals surface area contributed by atoms with Gasteiger partial charge in [-0.1, -0.05) is 111 Å². The zero-order valence-electron chi connectivity index (χ0n) is 19.0. The third kappa shape index (κ3) is 18.5. The predicted molar refractivity (Wildman–Crippen MR) is 118 cm³/mol. The Morgan fingerprint density at radius 3 is 1.50 bits per heavy atom. The van der Waals surface area contributed by atoms with Gasteiger partial charge in [0, 0.05) is 6.42 Å². The van der Waals surface area contributed by atoms with Crippen LogP contribution in [0.5, 0.6) is 0 Å². The third-order valence-corrected chi connectivity index (χ3v) is 5.23. The summed E-state index contributed by atoms with van der Waals surface area (Å²) in [5, 5.41) is 0. The summed E-state index contributed by atoms with van der Waals surface area (Å²) in [5.41, 5.74) is 5.73. The lowest BCUT2D eigenvalue weighted by atomic mass is 10.0. The highest BCUT2D eigenvalue weighted by Gasteiger charge is 2.19. The highest BCUT2D eigenvalue weighted by molar-refractivity contribution is 5.88. The Morgan fingerprint density at radius 2 is 1.11 bits per heavy atom. The molecule has 0 fully saturated rings. The van der Waals surface area contributed by atoms with Gasteiger partial charge >= 0.3 is 11.9 Å². The van der Waals surface area contributed by atoms with Gasteiger partial charge in [-0.25, -0.2) is 4.79 Å². The maximum Gasteiger partial charge on any atom is 0.330 e. The van der Waals surface area contributed by atoms with Crippen LogP contribution >= 0.6 is 0 Å². The highest BCUT2D eigenvalue weighted by Crippen LogP contribution is 2.14. The van der Waals surface area contributed by atoms with Crippen LogP contribution in [0, 0.1) is 5.92 Å². The van der Waals surface area contributed by atoms with E-state index in [0.717, 1.165) is 19.3 Å². The van der Waals surface area contributed by atoms with Crippen molar-refractivity contribution in [2.75, 3.05) is 0 Å². The van der Waals surface area contributed by atoms with Crippen molar-refractivity contribution in [1.82, 2.24) is 0 Å². The van der Waals surface area contributed by atoms with Gasteiger partial charge in [0.2, 0.25) is 0 Å². The molecule has 0 aliphatic carbocycles. The first-order valence-electron chi connectivity index (χ1n) is 12.0. The second-order valence-corrected chi connectivity index (χ2v) is 8.73. The van der Waals surface area contributed by atoms with E-state index in [0.29, 0.717) is 18.8 Å². The summed E-state index contributed by atoms with van der Waals surface area (Å²) in [6, 6.07) is -0.690. The van der Waals surface area contributed by atoms with Crippen LogP contribution < -0.4 is 5.73 Å². The zero-order valence-corrected chi connectivity index (χ0v) is 19.0. The number of nitrogens with two attached hydrogens (primary N) is 1. The summed E-state index contributed by atoms with van der Waals surface area (Å²) in [6.45, 7) is 6.25. The fourth-order valence-electron chi connectivity index (χ4n) is 3.48. The van der Waals surface area contributed by atoms with Crippen LogP contribution in [-0.2, 0) is 14.3 Å². The standard InChI is InChI=1S/C24H47NO3/c1-4-5-6-7-8-9-10-11-12-13-14-15-16-17-18-19-23(26)28-24(27)22(25)20-21(2)3/h21-22H,4-20,25H2,1-3H3. The average Bonchev–Trinajstić information content (AvgIpc) is 2.64. The normalized spacial score (nSPS) is 12.3. The Hall–Kier alpha value is -0.900. The summed E-state index contributed by atoms with van der Waals surface area (Å²) >= 11 is 0. The van der Waals surface area contributed by atoms with Gasteiger partial charge in [0.25, 0.3) is 0 Å². The third-order valence-electron chi connectivity index (χ3n) is 5.23. The fourth-order valence-corrected chi connectivity index (χ4v) is 3.48. The lowest BCUT2D eigenvalue weighted by molar-refractivity contribution is -0.160. The minimum atomic E-state index is -0.690. The molecule has 0 bridgehead atoms. The summed E-state index contributed by atoms with van der Waals surface area (Å²) in [6.07, 6.45) is 20.2. The monoisotopic (exact) mass is 397 g/mol. The first-order chi connectivity index (χ1) is 13.5. The minimum Gasteiger partial charge on any atom is -0.392 e. The minimum absolute atomic E-state index is 0.313. The molecule has 0 spiro atoms. The molecule has 4 heteroatoms. The van der Waals surface area contributed by atoms with Gasteiger partial charge in [-0.2, -0.15) is 0 Å². The molecule has 166 valence electrons. The lowest BCUT2D eigenvalue weighted by Crippen LogP contribution is -2.34. The first-order valence-corrected chi connectivity index (χ1v) is 12.0. The molecule has 0 aromatic carbocycles. The number of ether oxygens (including phenoxy) is 1. The van der Waals surface area contributed by atoms with Crippen LogP contribution in [0.25, 0.3) is 0 Å². The van der Waals surface area contributed by atoms with Crippen LogP contribution in [0.1, 0.15) is 130 Å². The molecule has 28 heavy (non-hydrogen) atoms. The molecule has 1 atom stereocenters. The topological polar surface area (TPSA) is 69.4 Å². The molecule has 1 unspecified atom stereocenters. The van der Waals surface area contributed by atoms with Crippen LogP contribution in [0.3, 0.4) is 0 Å². The second-order valence-electron chi connectivity index (χ2n) is 8.73. The number of carbonyl (C=O) groups excluding carboxylic acids is 2. The molecule has 0 aromatic heterocycles. The number of rotatable bonds is 19. The Bertz CT molecular complexity index is 382. The van der Waals surface area contributed by atoms with Gasteiger partial charge in [0.1, 0.15) is 6.04 Å². The van der Waals surface area contributed by atoms with Crippen LogP contribution in [-0.4, -0.2) is 18.0 Å². The van der Waals surface area contributed by atoms with Crippen molar-refractivity contribution in [2.45, 2.75) is 136 Å². The highest BCUT2D eigenvalue weighted by atomic mass is 16.6. The van der Waals surface area contributed by atoms with E-state index < -0.39 is 18.0 Å². The summed E-state index contributed by atoms with van der Waals surface area (Å²) in [5.74, 6) is -0.702. The van der Waals surface area contributed by atoms with Crippen molar-refractivity contribution in [2.24, 2.45) is 11.7 Å². The lowest BCUT2D eigenvalue weighted by Gasteiger charge is -2.12. The van der Waals surface area contributed by atoms with Crippen molar-refractivity contribution >= 4 is 11.9 Å². The Kier molecular flexibility index (Phi) is 18.8. The number of carbonyl (C=O) groups is 2. The van der Waals surface area contributed by atoms with E-state index in [1.807, 2.05) is 13.8 Å². The van der Waals surface area contributed by atoms with E-state index in [1.54, 1.807) is 0 Å². The number of hydrogen-bond donors (Lipinski definition) is 1. The molecule has 0 aliphatic heterocycles. The van der Waals surface area contributed by atoms with Gasteiger partial charge < -0.3 is 10.5 Å². The van der Waals surface area contributed by atoms with E-state index in [9.17, 15) is 9.59 Å². The molecule has 0 amide bonds. The van der Waals surface area contributed by atoms with E-state index in [-0.39, 0.29) is 0 Å². The summed E-state index contributed by atoms with van der Waals surface area (Å²) in [4.78, 5) is 23.4. The Labute approximate surface area is 174 Å². The molecule has 0 saturated carbocycles. The largest absolute Gasteiger partial charge is 0.392 e. The molecule has 0 aromatic rings. The van der Waals surface area contributed by atoms with E-state index in [2.05, 4.69) is 6.92 Å². The molecular weight excluding hydrogens is 350 g/mol. The maximum absolute atomic E-state index is 11.7. The van der Waals surface area contributed by atoms with Crippen molar-refractivity contribution in [3.8, 4) is 0 Å². The van der Waals surface area contributed by atoms with Crippen LogP contribution in [0.2, 0.25) is 0 Å². The number of hydrogen-bond acceptors (Lipinski definition) is 4. The van der Waals surface area contributed by atoms with Gasteiger partial charge in [0.05, 0.1) is 0 Å². The molecule has 0 radical (unpaired) electrons. The van der Waals surface area contributed by atoms with Crippen molar-refractivity contribution in [3.05, 3.63) is 0 Å². The fraction of sp³-hybridized carbons (Fsp3) is 0.917. The van der Waals surface area contributed by atoms with E-state index >= 15 is 0 Å². The van der Waals surface area contributed by atoms with Crippen molar-refractivity contribution < 1.29 is 14.3 Å².